The summed E-state index contributed by atoms with van der Waals surface area (Å²) in [6.45, 7) is 3.68. The molecule has 0 aliphatic heterocycles. The summed E-state index contributed by atoms with van der Waals surface area (Å²) in [7, 11) is 0. The van der Waals surface area contributed by atoms with Crippen LogP contribution >= 0.6 is 0 Å². The van der Waals surface area contributed by atoms with Crippen LogP contribution in [-0.2, 0) is 0 Å². The van der Waals surface area contributed by atoms with Gasteiger partial charge in [0.05, 0.1) is 11.2 Å². The molecule has 0 saturated carbocycles. The predicted molar refractivity (Wildman–Crippen MR) is 95.8 cm³/mol. The molecule has 0 bridgehead atoms. The molecule has 22 heavy (non-hydrogen) atoms. The first-order valence-corrected chi connectivity index (χ1v) is 7.29. The number of para-hydroxylation sites is 1. The van der Waals surface area contributed by atoms with E-state index in [9.17, 15) is 0 Å². The molecule has 0 aliphatic carbocycles. The second-order valence-corrected chi connectivity index (χ2v) is 4.98. The van der Waals surface area contributed by atoms with Crippen LogP contribution in [0.1, 0.15) is 5.69 Å². The minimum absolute atomic E-state index is 0.925. The number of aromatic nitrogens is 1. The van der Waals surface area contributed by atoms with E-state index < -0.39 is 0 Å². The van der Waals surface area contributed by atoms with Crippen molar-refractivity contribution in [1.82, 2.24) is 4.98 Å². The minimum Gasteiger partial charge on any atom is -0.248 e. The topological polar surface area (TPSA) is 12.9 Å². The molecule has 0 radical (unpaired) electrons. The minimum atomic E-state index is 0.925. The molecule has 1 aromatic heterocycles. The Morgan fingerprint density at radius 1 is 0.591 bits per heavy atom. The molecular weight excluding hydrogens is 266 g/mol. The van der Waals surface area contributed by atoms with E-state index in [1.54, 1.807) is 6.08 Å². The Balaban J connectivity index is 0.000000133. The van der Waals surface area contributed by atoms with Crippen molar-refractivity contribution in [3.63, 3.8) is 0 Å². The molecule has 0 amide bonds. The molecule has 3 aromatic carbocycles. The average molecular weight is 283 g/mol. The SMILES string of the molecule is C=Cc1ccc2ccccc2n1.c1ccc2ccccc2c1. The normalized spacial score (nSPS) is 10.0. The second kappa shape index (κ2) is 6.68. The molecule has 0 saturated heterocycles. The number of benzene rings is 3. The zero-order chi connectivity index (χ0) is 15.2. The summed E-state index contributed by atoms with van der Waals surface area (Å²) in [4.78, 5) is 4.38. The molecule has 0 fully saturated rings. The maximum Gasteiger partial charge on any atom is 0.0709 e. The summed E-state index contributed by atoms with van der Waals surface area (Å²) >= 11 is 0. The van der Waals surface area contributed by atoms with Gasteiger partial charge in [0.2, 0.25) is 0 Å². The zero-order valence-corrected chi connectivity index (χ0v) is 12.3. The van der Waals surface area contributed by atoms with Crippen molar-refractivity contribution in [1.29, 1.82) is 0 Å². The lowest BCUT2D eigenvalue weighted by atomic mass is 10.1. The van der Waals surface area contributed by atoms with Crippen molar-refractivity contribution < 1.29 is 0 Å². The molecule has 1 heteroatoms. The Hall–Kier alpha value is -2.93. The van der Waals surface area contributed by atoms with Gasteiger partial charge in [0.25, 0.3) is 0 Å². The zero-order valence-electron chi connectivity index (χ0n) is 12.3. The fraction of sp³-hybridized carbons (Fsp3) is 0. The number of fused-ring (bicyclic) bond motifs is 2. The molecule has 0 spiro atoms. The number of hydrogen-bond acceptors (Lipinski definition) is 1. The Morgan fingerprint density at radius 3 is 1.64 bits per heavy atom. The predicted octanol–water partition coefficient (Wildman–Crippen LogP) is 5.72. The van der Waals surface area contributed by atoms with Crippen LogP contribution in [0, 0.1) is 0 Å². The summed E-state index contributed by atoms with van der Waals surface area (Å²) in [6.07, 6.45) is 1.76. The van der Waals surface area contributed by atoms with Crippen molar-refractivity contribution in [2.24, 2.45) is 0 Å². The van der Waals surface area contributed by atoms with Gasteiger partial charge in [0, 0.05) is 5.39 Å². The molecule has 4 aromatic rings. The Labute approximate surface area is 130 Å². The molecule has 1 heterocycles. The third kappa shape index (κ3) is 3.21. The van der Waals surface area contributed by atoms with E-state index in [2.05, 4.69) is 72.2 Å². The summed E-state index contributed by atoms with van der Waals surface area (Å²) in [6, 6.07) is 28.8. The van der Waals surface area contributed by atoms with Crippen molar-refractivity contribution in [3.05, 3.63) is 97.2 Å². The molecule has 1 nitrogen and oxygen atoms in total. The van der Waals surface area contributed by atoms with Crippen LogP contribution < -0.4 is 0 Å². The first-order valence-electron chi connectivity index (χ1n) is 7.29. The van der Waals surface area contributed by atoms with Gasteiger partial charge in [-0.2, -0.15) is 0 Å². The summed E-state index contributed by atoms with van der Waals surface area (Å²) in [5.41, 5.74) is 1.95. The van der Waals surface area contributed by atoms with E-state index in [-0.39, 0.29) is 0 Å². The number of hydrogen-bond donors (Lipinski definition) is 0. The lowest BCUT2D eigenvalue weighted by Crippen LogP contribution is -1.81. The van der Waals surface area contributed by atoms with Crippen LogP contribution in [0.5, 0.6) is 0 Å². The van der Waals surface area contributed by atoms with Gasteiger partial charge in [-0.3, -0.25) is 0 Å². The van der Waals surface area contributed by atoms with E-state index in [1.165, 1.54) is 16.2 Å². The van der Waals surface area contributed by atoms with Gasteiger partial charge in [-0.1, -0.05) is 79.4 Å². The van der Waals surface area contributed by atoms with Crippen LogP contribution in [0.15, 0.2) is 91.5 Å². The molecule has 4 rings (SSSR count). The van der Waals surface area contributed by atoms with E-state index >= 15 is 0 Å². The van der Waals surface area contributed by atoms with Crippen molar-refractivity contribution in [2.75, 3.05) is 0 Å². The molecule has 0 aliphatic rings. The maximum atomic E-state index is 4.38. The average Bonchev–Trinajstić information content (AvgIpc) is 2.62. The number of pyridine rings is 1. The number of nitrogens with zero attached hydrogens (tertiary/aromatic N) is 1. The van der Waals surface area contributed by atoms with Crippen LogP contribution in [-0.4, -0.2) is 4.98 Å². The first kappa shape index (κ1) is 14.0. The molecule has 0 atom stereocenters. The summed E-state index contributed by atoms with van der Waals surface area (Å²) < 4.78 is 0. The molecule has 0 unspecified atom stereocenters. The highest BCUT2D eigenvalue weighted by Crippen LogP contribution is 2.12. The van der Waals surface area contributed by atoms with Gasteiger partial charge in [0.1, 0.15) is 0 Å². The highest BCUT2D eigenvalue weighted by atomic mass is 14.7. The van der Waals surface area contributed by atoms with Crippen molar-refractivity contribution in [2.45, 2.75) is 0 Å². The van der Waals surface area contributed by atoms with Gasteiger partial charge in [-0.05, 0) is 29.0 Å². The van der Waals surface area contributed by atoms with Crippen LogP contribution in [0.3, 0.4) is 0 Å². The standard InChI is InChI=1S/C11H9N.C10H8/c1-2-10-8-7-9-5-3-4-6-11(9)12-10;1-2-6-10-8-4-3-7-9(10)5-1/h2-8H,1H2;1-8H. The summed E-state index contributed by atoms with van der Waals surface area (Å²) in [5.74, 6) is 0. The highest BCUT2D eigenvalue weighted by Gasteiger charge is 1.92. The van der Waals surface area contributed by atoms with E-state index in [1.807, 2.05) is 24.3 Å². The Bertz CT molecular complexity index is 844. The Morgan fingerprint density at radius 2 is 1.09 bits per heavy atom. The number of rotatable bonds is 1. The summed E-state index contributed by atoms with van der Waals surface area (Å²) in [5, 5.41) is 3.79. The third-order valence-electron chi connectivity index (χ3n) is 3.49. The van der Waals surface area contributed by atoms with Gasteiger partial charge in [-0.15, -0.1) is 0 Å². The maximum absolute atomic E-state index is 4.38. The van der Waals surface area contributed by atoms with Gasteiger partial charge < -0.3 is 0 Å². The monoisotopic (exact) mass is 283 g/mol. The van der Waals surface area contributed by atoms with E-state index in [4.69, 9.17) is 0 Å². The molecule has 106 valence electrons. The van der Waals surface area contributed by atoms with Gasteiger partial charge >= 0.3 is 0 Å². The van der Waals surface area contributed by atoms with Gasteiger partial charge in [0.15, 0.2) is 0 Å². The largest absolute Gasteiger partial charge is 0.248 e. The van der Waals surface area contributed by atoms with Crippen LogP contribution in [0.4, 0.5) is 0 Å². The fourth-order valence-corrected chi connectivity index (χ4v) is 2.33. The van der Waals surface area contributed by atoms with Crippen molar-refractivity contribution in [3.8, 4) is 0 Å². The quantitative estimate of drug-likeness (QED) is 0.435. The third-order valence-corrected chi connectivity index (χ3v) is 3.49. The smallest absolute Gasteiger partial charge is 0.0709 e. The van der Waals surface area contributed by atoms with Crippen molar-refractivity contribution >= 4 is 27.8 Å². The second-order valence-electron chi connectivity index (χ2n) is 4.98. The lowest BCUT2D eigenvalue weighted by molar-refractivity contribution is 1.37. The lowest BCUT2D eigenvalue weighted by Gasteiger charge is -1.96. The van der Waals surface area contributed by atoms with E-state index in [0.29, 0.717) is 0 Å². The van der Waals surface area contributed by atoms with Crippen LogP contribution in [0.25, 0.3) is 27.8 Å². The van der Waals surface area contributed by atoms with E-state index in [0.717, 1.165) is 11.2 Å². The Kier molecular flexibility index (Phi) is 4.26. The molecular formula is C21H17N. The highest BCUT2D eigenvalue weighted by molar-refractivity contribution is 5.82. The van der Waals surface area contributed by atoms with Crippen LogP contribution in [0.2, 0.25) is 0 Å². The fourth-order valence-electron chi connectivity index (χ4n) is 2.33. The first-order chi connectivity index (χ1) is 10.9. The van der Waals surface area contributed by atoms with Gasteiger partial charge in [-0.25, -0.2) is 4.98 Å². The molecule has 0 N–H and O–H groups in total.